The van der Waals surface area contributed by atoms with Gasteiger partial charge in [-0.05, 0) is 34.3 Å². The summed E-state index contributed by atoms with van der Waals surface area (Å²) in [7, 11) is 0. The van der Waals surface area contributed by atoms with Crippen LogP contribution < -0.4 is 10.2 Å². The molecule has 2 heterocycles. The van der Waals surface area contributed by atoms with E-state index in [2.05, 4.69) is 26.2 Å². The molecule has 1 aliphatic heterocycles. The van der Waals surface area contributed by atoms with Crippen LogP contribution in [0.2, 0.25) is 0 Å². The van der Waals surface area contributed by atoms with Crippen LogP contribution in [0, 0.1) is 5.92 Å². The first kappa shape index (κ1) is 14.5. The van der Waals surface area contributed by atoms with Crippen LogP contribution in [0.4, 0.5) is 10.5 Å². The Kier molecular flexibility index (Phi) is 4.24. The van der Waals surface area contributed by atoms with Crippen molar-refractivity contribution in [3.05, 3.63) is 22.9 Å². The molecule has 0 aromatic carbocycles. The normalized spacial score (nSPS) is 23.5. The third kappa shape index (κ3) is 3.10. The SMILES string of the molecule is O=C1N[C@@H](CC2CCCCC2)C(=O)N1c1cncc(Br)c1. The lowest BCUT2D eigenvalue weighted by molar-refractivity contribution is -0.118. The van der Waals surface area contributed by atoms with Crippen LogP contribution >= 0.6 is 15.9 Å². The van der Waals surface area contributed by atoms with Crippen LogP contribution in [-0.4, -0.2) is 23.0 Å². The number of halogens is 1. The largest absolute Gasteiger partial charge is 0.329 e. The lowest BCUT2D eigenvalue weighted by Gasteiger charge is -2.23. The smallest absolute Gasteiger partial charge is 0.325 e. The maximum Gasteiger partial charge on any atom is 0.329 e. The van der Waals surface area contributed by atoms with E-state index < -0.39 is 0 Å². The summed E-state index contributed by atoms with van der Waals surface area (Å²) in [5.41, 5.74) is 0.512. The number of hydrogen-bond donors (Lipinski definition) is 1. The molecule has 1 aromatic heterocycles. The van der Waals surface area contributed by atoms with Crippen molar-refractivity contribution in [1.82, 2.24) is 10.3 Å². The number of nitrogens with zero attached hydrogens (tertiary/aromatic N) is 2. The fourth-order valence-corrected chi connectivity index (χ4v) is 3.57. The average molecular weight is 352 g/mol. The number of pyridine rings is 1. The molecule has 1 aromatic rings. The van der Waals surface area contributed by atoms with E-state index in [1.165, 1.54) is 30.4 Å². The van der Waals surface area contributed by atoms with Crippen molar-refractivity contribution in [3.63, 3.8) is 0 Å². The molecule has 2 aliphatic rings. The van der Waals surface area contributed by atoms with Gasteiger partial charge in [0.15, 0.2) is 0 Å². The molecule has 1 N–H and O–H groups in total. The molecule has 2 fully saturated rings. The molecule has 3 amide bonds. The van der Waals surface area contributed by atoms with E-state index in [0.717, 1.165) is 23.7 Å². The van der Waals surface area contributed by atoms with Gasteiger partial charge in [0, 0.05) is 10.7 Å². The number of hydrogen-bond acceptors (Lipinski definition) is 3. The predicted octanol–water partition coefficient (Wildman–Crippen LogP) is 3.24. The Balaban J connectivity index is 1.72. The number of rotatable bonds is 3. The predicted molar refractivity (Wildman–Crippen MR) is 82.9 cm³/mol. The van der Waals surface area contributed by atoms with Crippen molar-refractivity contribution in [2.75, 3.05) is 4.90 Å². The number of aromatic nitrogens is 1. The molecule has 0 radical (unpaired) electrons. The van der Waals surface area contributed by atoms with Crippen LogP contribution in [-0.2, 0) is 4.79 Å². The lowest BCUT2D eigenvalue weighted by atomic mass is 9.85. The van der Waals surface area contributed by atoms with Gasteiger partial charge in [-0.15, -0.1) is 0 Å². The van der Waals surface area contributed by atoms with Crippen LogP contribution in [0.25, 0.3) is 0 Å². The van der Waals surface area contributed by atoms with Gasteiger partial charge in [0.05, 0.1) is 11.9 Å². The van der Waals surface area contributed by atoms with Gasteiger partial charge >= 0.3 is 6.03 Å². The third-order valence-electron chi connectivity index (χ3n) is 4.26. The molecular formula is C15H18BrN3O2. The summed E-state index contributed by atoms with van der Waals surface area (Å²) in [6.45, 7) is 0. The minimum atomic E-state index is -0.389. The summed E-state index contributed by atoms with van der Waals surface area (Å²) in [4.78, 5) is 29.8. The van der Waals surface area contributed by atoms with E-state index in [9.17, 15) is 9.59 Å². The Morgan fingerprint density at radius 3 is 2.71 bits per heavy atom. The third-order valence-corrected chi connectivity index (χ3v) is 4.70. The van der Waals surface area contributed by atoms with Crippen molar-refractivity contribution in [3.8, 4) is 0 Å². The number of anilines is 1. The summed E-state index contributed by atoms with van der Waals surface area (Å²) in [6.07, 6.45) is 10.0. The van der Waals surface area contributed by atoms with Gasteiger partial charge in [-0.25, -0.2) is 9.69 Å². The Labute approximate surface area is 132 Å². The number of urea groups is 1. The maximum atomic E-state index is 12.5. The highest BCUT2D eigenvalue weighted by molar-refractivity contribution is 9.10. The first-order valence-electron chi connectivity index (χ1n) is 7.40. The van der Waals surface area contributed by atoms with E-state index in [0.29, 0.717) is 11.6 Å². The highest BCUT2D eigenvalue weighted by Crippen LogP contribution is 2.30. The van der Waals surface area contributed by atoms with E-state index >= 15 is 0 Å². The minimum absolute atomic E-state index is 0.162. The number of nitrogens with one attached hydrogen (secondary N) is 1. The fraction of sp³-hybridized carbons (Fsp3) is 0.533. The topological polar surface area (TPSA) is 62.3 Å². The number of amides is 3. The van der Waals surface area contributed by atoms with Gasteiger partial charge in [0.2, 0.25) is 0 Å². The highest BCUT2D eigenvalue weighted by Gasteiger charge is 2.40. The monoisotopic (exact) mass is 351 g/mol. The Morgan fingerprint density at radius 1 is 1.24 bits per heavy atom. The maximum absolute atomic E-state index is 12.5. The fourth-order valence-electron chi connectivity index (χ4n) is 3.21. The van der Waals surface area contributed by atoms with Crippen molar-refractivity contribution < 1.29 is 9.59 Å². The molecule has 0 unspecified atom stereocenters. The van der Waals surface area contributed by atoms with Crippen LogP contribution in [0.1, 0.15) is 38.5 Å². The molecule has 1 saturated heterocycles. The number of carbonyl (C=O) groups excluding carboxylic acids is 2. The second kappa shape index (κ2) is 6.13. The molecule has 3 rings (SSSR count). The van der Waals surface area contributed by atoms with Crippen LogP contribution in [0.15, 0.2) is 22.9 Å². The van der Waals surface area contributed by atoms with E-state index in [1.807, 2.05) is 0 Å². The molecule has 112 valence electrons. The first-order valence-corrected chi connectivity index (χ1v) is 8.19. The van der Waals surface area contributed by atoms with E-state index in [4.69, 9.17) is 0 Å². The molecule has 21 heavy (non-hydrogen) atoms. The summed E-state index contributed by atoms with van der Waals surface area (Å²) in [5.74, 6) is 0.388. The highest BCUT2D eigenvalue weighted by atomic mass is 79.9. The van der Waals surface area contributed by atoms with Crippen molar-refractivity contribution in [2.24, 2.45) is 5.92 Å². The Morgan fingerprint density at radius 2 is 2.00 bits per heavy atom. The lowest BCUT2D eigenvalue weighted by Crippen LogP contribution is -2.32. The average Bonchev–Trinajstić information content (AvgIpc) is 2.74. The molecule has 6 heteroatoms. The molecule has 0 bridgehead atoms. The van der Waals surface area contributed by atoms with Crippen molar-refractivity contribution in [2.45, 2.75) is 44.6 Å². The Bertz CT molecular complexity index is 558. The zero-order valence-corrected chi connectivity index (χ0v) is 13.3. The minimum Gasteiger partial charge on any atom is -0.325 e. The number of imide groups is 1. The van der Waals surface area contributed by atoms with Gasteiger partial charge in [-0.1, -0.05) is 32.1 Å². The van der Waals surface area contributed by atoms with Crippen molar-refractivity contribution >= 4 is 33.6 Å². The summed E-state index contributed by atoms with van der Waals surface area (Å²) >= 11 is 3.31. The Hall–Kier alpha value is -1.43. The van der Waals surface area contributed by atoms with E-state index in [1.54, 1.807) is 12.3 Å². The van der Waals surface area contributed by atoms with Gasteiger partial charge in [0.1, 0.15) is 6.04 Å². The van der Waals surface area contributed by atoms with E-state index in [-0.39, 0.29) is 18.0 Å². The van der Waals surface area contributed by atoms with Gasteiger partial charge in [-0.3, -0.25) is 9.78 Å². The molecule has 0 spiro atoms. The van der Waals surface area contributed by atoms with Crippen molar-refractivity contribution in [1.29, 1.82) is 0 Å². The molecule has 1 atom stereocenters. The second-order valence-corrected chi connectivity index (χ2v) is 6.69. The second-order valence-electron chi connectivity index (χ2n) is 5.78. The first-order chi connectivity index (χ1) is 10.1. The quantitative estimate of drug-likeness (QED) is 0.850. The molecule has 1 aliphatic carbocycles. The molecular weight excluding hydrogens is 334 g/mol. The standard InChI is InChI=1S/C15H18BrN3O2/c16-11-7-12(9-17-8-11)19-14(20)13(18-15(19)21)6-10-4-2-1-3-5-10/h7-10,13H,1-6H2,(H,18,21)/t13-/m0/s1. The zero-order valence-electron chi connectivity index (χ0n) is 11.7. The summed E-state index contributed by atoms with van der Waals surface area (Å²) in [5, 5.41) is 2.81. The van der Waals surface area contributed by atoms with Crippen LogP contribution in [0.5, 0.6) is 0 Å². The zero-order chi connectivity index (χ0) is 14.8. The van der Waals surface area contributed by atoms with Gasteiger partial charge in [0.25, 0.3) is 5.91 Å². The number of carbonyl (C=O) groups is 2. The molecule has 1 saturated carbocycles. The summed E-state index contributed by atoms with van der Waals surface area (Å²) in [6, 6.07) is 0.994. The molecule has 5 nitrogen and oxygen atoms in total. The van der Waals surface area contributed by atoms with Gasteiger partial charge < -0.3 is 5.32 Å². The van der Waals surface area contributed by atoms with Gasteiger partial charge in [-0.2, -0.15) is 0 Å². The summed E-state index contributed by atoms with van der Waals surface area (Å²) < 4.78 is 0.747. The van der Waals surface area contributed by atoms with Crippen LogP contribution in [0.3, 0.4) is 0 Å².